The quantitative estimate of drug-likeness (QED) is 0.806. The molecule has 0 saturated carbocycles. The van der Waals surface area contributed by atoms with Gasteiger partial charge in [0.25, 0.3) is 5.91 Å². The molecule has 0 bridgehead atoms. The van der Waals surface area contributed by atoms with E-state index in [9.17, 15) is 4.79 Å². The third kappa shape index (κ3) is 4.58. The number of rotatable bonds is 6. The van der Waals surface area contributed by atoms with Crippen molar-refractivity contribution < 1.29 is 19.0 Å². The lowest BCUT2D eigenvalue weighted by Gasteiger charge is -2.29. The van der Waals surface area contributed by atoms with E-state index in [0.29, 0.717) is 44.4 Å². The Bertz CT molecular complexity index is 787. The fourth-order valence-corrected chi connectivity index (χ4v) is 3.27. The second-order valence-electron chi connectivity index (χ2n) is 6.76. The number of morpholine rings is 1. The average Bonchev–Trinajstić information content (AvgIpc) is 3.26. The molecule has 0 aliphatic carbocycles. The number of hydrogen-bond acceptors (Lipinski definition) is 7. The van der Waals surface area contributed by atoms with Gasteiger partial charge in [-0.15, -0.1) is 0 Å². The molecule has 28 heavy (non-hydrogen) atoms. The van der Waals surface area contributed by atoms with Crippen LogP contribution >= 0.6 is 0 Å². The van der Waals surface area contributed by atoms with Crippen LogP contribution in [0.3, 0.4) is 0 Å². The normalized spacial score (nSPS) is 19.4. The number of nitrogens with zero attached hydrogens (tertiary/aromatic N) is 3. The minimum absolute atomic E-state index is 0.0383. The minimum Gasteiger partial charge on any atom is -0.472 e. The Balaban J connectivity index is 1.35. The molecule has 2 aromatic heterocycles. The van der Waals surface area contributed by atoms with Crippen molar-refractivity contribution in [2.75, 3.05) is 44.4 Å². The van der Waals surface area contributed by atoms with Gasteiger partial charge in [-0.05, 0) is 12.1 Å². The first-order valence-electron chi connectivity index (χ1n) is 9.55. The van der Waals surface area contributed by atoms with Gasteiger partial charge in [0.1, 0.15) is 11.9 Å². The van der Waals surface area contributed by atoms with E-state index in [1.165, 1.54) is 6.20 Å². The molecule has 2 aliphatic rings. The number of carbonyl (C=O) groups is 1. The highest BCUT2D eigenvalue weighted by molar-refractivity contribution is 5.93. The molecule has 2 saturated heterocycles. The Labute approximate surface area is 163 Å². The lowest BCUT2D eigenvalue weighted by Crippen LogP contribution is -2.37. The fraction of sp³-hybridized carbons (Fsp3) is 0.450. The Morgan fingerprint density at radius 1 is 1.18 bits per heavy atom. The highest BCUT2D eigenvalue weighted by Gasteiger charge is 2.18. The Hall–Kier alpha value is -2.71. The summed E-state index contributed by atoms with van der Waals surface area (Å²) in [7, 11) is 0. The average molecular weight is 384 g/mol. The van der Waals surface area contributed by atoms with Gasteiger partial charge in [0, 0.05) is 50.1 Å². The van der Waals surface area contributed by atoms with Crippen LogP contribution in [0.25, 0.3) is 0 Å². The molecular weight excluding hydrogens is 360 g/mol. The summed E-state index contributed by atoms with van der Waals surface area (Å²) in [6, 6.07) is 7.30. The third-order valence-corrected chi connectivity index (χ3v) is 4.79. The van der Waals surface area contributed by atoms with E-state index in [4.69, 9.17) is 14.2 Å². The summed E-state index contributed by atoms with van der Waals surface area (Å²) < 4.78 is 16.4. The van der Waals surface area contributed by atoms with E-state index in [-0.39, 0.29) is 12.0 Å². The SMILES string of the molecule is O=C(NCc1cccnc1N1CCOCC1)c1ccc(OC2CCOC2)nc1. The smallest absolute Gasteiger partial charge is 0.253 e. The highest BCUT2D eigenvalue weighted by Crippen LogP contribution is 2.19. The van der Waals surface area contributed by atoms with Crippen LogP contribution in [-0.4, -0.2) is 61.5 Å². The molecule has 148 valence electrons. The number of aromatic nitrogens is 2. The third-order valence-electron chi connectivity index (χ3n) is 4.79. The van der Waals surface area contributed by atoms with Gasteiger partial charge in [0.05, 0.1) is 32.0 Å². The topological polar surface area (TPSA) is 85.8 Å². The van der Waals surface area contributed by atoms with Crippen molar-refractivity contribution in [3.63, 3.8) is 0 Å². The van der Waals surface area contributed by atoms with Crippen LogP contribution in [0.4, 0.5) is 5.82 Å². The van der Waals surface area contributed by atoms with Crippen LogP contribution in [0.15, 0.2) is 36.7 Å². The molecule has 1 N–H and O–H groups in total. The van der Waals surface area contributed by atoms with Gasteiger partial charge in [0.2, 0.25) is 5.88 Å². The number of ether oxygens (including phenoxy) is 3. The number of amides is 1. The first kappa shape index (κ1) is 18.6. The Kier molecular flexibility index (Phi) is 5.98. The molecule has 0 spiro atoms. The molecule has 8 nitrogen and oxygen atoms in total. The summed E-state index contributed by atoms with van der Waals surface area (Å²) in [6.07, 6.45) is 4.21. The van der Waals surface area contributed by atoms with Crippen molar-refractivity contribution in [1.29, 1.82) is 0 Å². The molecular formula is C20H24N4O4. The van der Waals surface area contributed by atoms with E-state index in [1.54, 1.807) is 18.3 Å². The predicted octanol–water partition coefficient (Wildman–Crippen LogP) is 1.41. The molecule has 1 amide bonds. The van der Waals surface area contributed by atoms with Gasteiger partial charge in [-0.1, -0.05) is 6.07 Å². The highest BCUT2D eigenvalue weighted by atomic mass is 16.5. The molecule has 2 aliphatic heterocycles. The lowest BCUT2D eigenvalue weighted by atomic mass is 10.2. The monoisotopic (exact) mass is 384 g/mol. The minimum atomic E-state index is -0.181. The van der Waals surface area contributed by atoms with E-state index < -0.39 is 0 Å². The van der Waals surface area contributed by atoms with E-state index in [1.807, 2.05) is 12.1 Å². The van der Waals surface area contributed by atoms with Crippen LogP contribution in [0.2, 0.25) is 0 Å². The standard InChI is InChI=1S/C20H24N4O4/c25-20(16-3-4-18(22-13-16)28-17-5-9-27-14-17)23-12-15-2-1-6-21-19(15)24-7-10-26-11-8-24/h1-4,6,13,17H,5,7-12,14H2,(H,23,25). The Morgan fingerprint density at radius 3 is 2.82 bits per heavy atom. The molecule has 0 aromatic carbocycles. The van der Waals surface area contributed by atoms with Crippen molar-refractivity contribution in [2.24, 2.45) is 0 Å². The number of nitrogens with one attached hydrogen (secondary N) is 1. The zero-order valence-corrected chi connectivity index (χ0v) is 15.7. The van der Waals surface area contributed by atoms with Gasteiger partial charge >= 0.3 is 0 Å². The summed E-state index contributed by atoms with van der Waals surface area (Å²) in [5.41, 5.74) is 1.47. The summed E-state index contributed by atoms with van der Waals surface area (Å²) in [6.45, 7) is 4.68. The first-order valence-corrected chi connectivity index (χ1v) is 9.55. The maximum absolute atomic E-state index is 12.5. The van der Waals surface area contributed by atoms with Crippen LogP contribution in [-0.2, 0) is 16.0 Å². The van der Waals surface area contributed by atoms with Gasteiger partial charge < -0.3 is 24.4 Å². The second-order valence-corrected chi connectivity index (χ2v) is 6.76. The molecule has 1 atom stereocenters. The molecule has 4 rings (SSSR count). The predicted molar refractivity (Wildman–Crippen MR) is 103 cm³/mol. The van der Waals surface area contributed by atoms with Crippen molar-refractivity contribution >= 4 is 11.7 Å². The molecule has 1 unspecified atom stereocenters. The van der Waals surface area contributed by atoms with Crippen molar-refractivity contribution in [3.8, 4) is 5.88 Å². The van der Waals surface area contributed by atoms with E-state index in [2.05, 4.69) is 20.2 Å². The summed E-state index contributed by atoms with van der Waals surface area (Å²) >= 11 is 0. The van der Waals surface area contributed by atoms with E-state index in [0.717, 1.165) is 30.9 Å². The van der Waals surface area contributed by atoms with Crippen molar-refractivity contribution in [2.45, 2.75) is 19.1 Å². The Morgan fingerprint density at radius 2 is 2.07 bits per heavy atom. The number of carbonyl (C=O) groups excluding carboxylic acids is 1. The molecule has 2 aromatic rings. The zero-order chi connectivity index (χ0) is 19.2. The van der Waals surface area contributed by atoms with Gasteiger partial charge in [-0.25, -0.2) is 9.97 Å². The van der Waals surface area contributed by atoms with Crippen molar-refractivity contribution in [1.82, 2.24) is 15.3 Å². The lowest BCUT2D eigenvalue weighted by molar-refractivity contribution is 0.0950. The molecule has 4 heterocycles. The summed E-state index contributed by atoms with van der Waals surface area (Å²) in [5, 5.41) is 2.95. The second kappa shape index (κ2) is 8.99. The van der Waals surface area contributed by atoms with Gasteiger partial charge in [0.15, 0.2) is 0 Å². The first-order chi connectivity index (χ1) is 13.8. The summed E-state index contributed by atoms with van der Waals surface area (Å²) in [4.78, 5) is 23.4. The van der Waals surface area contributed by atoms with E-state index >= 15 is 0 Å². The summed E-state index contributed by atoms with van der Waals surface area (Å²) in [5.74, 6) is 1.22. The van der Waals surface area contributed by atoms with Crippen LogP contribution in [0, 0.1) is 0 Å². The van der Waals surface area contributed by atoms with Crippen molar-refractivity contribution in [3.05, 3.63) is 47.8 Å². The number of anilines is 1. The van der Waals surface area contributed by atoms with Crippen LogP contribution in [0.5, 0.6) is 5.88 Å². The molecule has 2 fully saturated rings. The largest absolute Gasteiger partial charge is 0.472 e. The number of pyridine rings is 2. The maximum Gasteiger partial charge on any atom is 0.253 e. The molecule has 8 heteroatoms. The fourth-order valence-electron chi connectivity index (χ4n) is 3.27. The van der Waals surface area contributed by atoms with Crippen LogP contribution in [0.1, 0.15) is 22.3 Å². The van der Waals surface area contributed by atoms with Gasteiger partial charge in [-0.2, -0.15) is 0 Å². The van der Waals surface area contributed by atoms with Crippen LogP contribution < -0.4 is 15.0 Å². The zero-order valence-electron chi connectivity index (χ0n) is 15.7. The number of hydrogen-bond donors (Lipinski definition) is 1. The maximum atomic E-state index is 12.5. The van der Waals surface area contributed by atoms with Gasteiger partial charge in [-0.3, -0.25) is 4.79 Å². The molecule has 0 radical (unpaired) electrons.